The molecule has 0 spiro atoms. The molecule has 4 N–H and O–H groups in total. The first-order chi connectivity index (χ1) is 19.1. The normalized spacial score (nSPS) is 11.9. The number of rotatable bonds is 10. The highest BCUT2D eigenvalue weighted by molar-refractivity contribution is 7.80. The minimum Gasteiger partial charge on any atom is -0.496 e. The number of alkyl halides is 3. The molecule has 14 heteroatoms. The Morgan fingerprint density at radius 2 is 1.52 bits per heavy atom. The zero-order valence-electron chi connectivity index (χ0n) is 21.5. The number of amidine groups is 1. The molecule has 210 valence electrons. The lowest BCUT2D eigenvalue weighted by atomic mass is 10.1. The number of aliphatic imine (C=N–C) groups is 2. The second kappa shape index (κ2) is 13.8. The van der Waals surface area contributed by atoms with Gasteiger partial charge < -0.3 is 30.0 Å². The van der Waals surface area contributed by atoms with Crippen LogP contribution in [-0.4, -0.2) is 51.2 Å². The molecule has 0 saturated carbocycles. The molecule has 0 aliphatic rings. The summed E-state index contributed by atoms with van der Waals surface area (Å²) in [6.07, 6.45) is -2.00. The number of thiocarbonyl (C=S) groups is 1. The number of nitrogens with zero attached hydrogens (tertiary/aromatic N) is 3. The van der Waals surface area contributed by atoms with Crippen molar-refractivity contribution in [1.82, 2.24) is 5.43 Å². The van der Waals surface area contributed by atoms with Crippen molar-refractivity contribution in [2.75, 3.05) is 26.6 Å². The molecule has 3 aromatic carbocycles. The van der Waals surface area contributed by atoms with Gasteiger partial charge in [0, 0.05) is 17.7 Å². The van der Waals surface area contributed by atoms with E-state index < -0.39 is 6.36 Å². The highest BCUT2D eigenvalue weighted by Crippen LogP contribution is 2.38. The quantitative estimate of drug-likeness (QED) is 0.134. The predicted molar refractivity (Wildman–Crippen MR) is 151 cm³/mol. The maximum atomic E-state index is 12.2. The highest BCUT2D eigenvalue weighted by Gasteiger charge is 2.30. The van der Waals surface area contributed by atoms with Gasteiger partial charge in [-0.3, -0.25) is 5.43 Å². The number of benzene rings is 3. The van der Waals surface area contributed by atoms with Crippen LogP contribution >= 0.6 is 12.2 Å². The van der Waals surface area contributed by atoms with Gasteiger partial charge >= 0.3 is 6.36 Å². The van der Waals surface area contributed by atoms with Crippen LogP contribution in [0.3, 0.4) is 0 Å². The van der Waals surface area contributed by atoms with Crippen molar-refractivity contribution in [3.8, 4) is 23.0 Å². The molecule has 0 unspecified atom stereocenters. The minimum absolute atomic E-state index is 0.190. The number of methoxy groups -OCH3 is 3. The lowest BCUT2D eigenvalue weighted by Gasteiger charge is -2.16. The number of halogens is 3. The van der Waals surface area contributed by atoms with E-state index in [1.165, 1.54) is 39.8 Å². The lowest BCUT2D eigenvalue weighted by Crippen LogP contribution is -2.24. The molecular formula is C26H25F3N6O4S. The molecule has 3 rings (SSSR count). The summed E-state index contributed by atoms with van der Waals surface area (Å²) in [6.45, 7) is 0. The summed E-state index contributed by atoms with van der Waals surface area (Å²) in [6, 6.07) is 15.4. The molecule has 0 saturated heterocycles. The molecule has 10 nitrogen and oxygen atoms in total. The molecule has 0 aliphatic heterocycles. The molecule has 0 aliphatic carbocycles. The SMILES string of the molecule is COc1cc(OC)c(NC(=S)N/N=C/c2ccc(C(N)=NC=Nc3ccc(OC(F)(F)F)cc3)cc2)c(OC)c1. The number of hydrazone groups is 1. The summed E-state index contributed by atoms with van der Waals surface area (Å²) in [5, 5.41) is 7.32. The molecular weight excluding hydrogens is 549 g/mol. The molecule has 0 bridgehead atoms. The third-order valence-corrected chi connectivity index (χ3v) is 5.21. The molecule has 0 heterocycles. The van der Waals surface area contributed by atoms with Crippen LogP contribution in [0, 0.1) is 0 Å². The van der Waals surface area contributed by atoms with Crippen LogP contribution in [0.5, 0.6) is 23.0 Å². The Balaban J connectivity index is 1.56. The van der Waals surface area contributed by atoms with Gasteiger partial charge in [0.05, 0.1) is 33.2 Å². The fourth-order valence-electron chi connectivity index (χ4n) is 3.14. The largest absolute Gasteiger partial charge is 0.573 e. The summed E-state index contributed by atoms with van der Waals surface area (Å²) >= 11 is 5.31. The number of hydrogen-bond donors (Lipinski definition) is 3. The Morgan fingerprint density at radius 1 is 0.900 bits per heavy atom. The average molecular weight is 575 g/mol. The smallest absolute Gasteiger partial charge is 0.496 e. The zero-order valence-corrected chi connectivity index (χ0v) is 22.3. The Bertz CT molecular complexity index is 1370. The summed E-state index contributed by atoms with van der Waals surface area (Å²) in [7, 11) is 4.57. The average Bonchev–Trinajstić information content (AvgIpc) is 2.93. The third-order valence-electron chi connectivity index (χ3n) is 5.01. The number of hydrogen-bond acceptors (Lipinski definition) is 7. The predicted octanol–water partition coefficient (Wildman–Crippen LogP) is 5.00. The lowest BCUT2D eigenvalue weighted by molar-refractivity contribution is -0.274. The standard InChI is InChI=1S/C26H25F3N6O4S/c1-36-20-12-21(37-2)23(22(13-20)38-3)34-25(40)35-33-14-16-4-6-17(7-5-16)24(30)32-15-31-18-8-10-19(11-9-18)39-26(27,28)29/h4-15H,1-3H3,(H2,30,31,32)(H2,34,35,40)/b33-14+. The van der Waals surface area contributed by atoms with Crippen molar-refractivity contribution in [2.24, 2.45) is 20.8 Å². The number of ether oxygens (including phenoxy) is 4. The van der Waals surface area contributed by atoms with Crippen LogP contribution < -0.4 is 35.4 Å². The van der Waals surface area contributed by atoms with Crippen LogP contribution in [0.15, 0.2) is 75.7 Å². The topological polar surface area (TPSA) is 124 Å². The fourth-order valence-corrected chi connectivity index (χ4v) is 3.30. The van der Waals surface area contributed by atoms with E-state index in [1.807, 2.05) is 0 Å². The van der Waals surface area contributed by atoms with Gasteiger partial charge in [-0.25, -0.2) is 9.98 Å². The first-order valence-electron chi connectivity index (χ1n) is 11.3. The molecule has 0 fully saturated rings. The Labute approximate surface area is 233 Å². The highest BCUT2D eigenvalue weighted by atomic mass is 32.1. The van der Waals surface area contributed by atoms with E-state index in [-0.39, 0.29) is 16.7 Å². The van der Waals surface area contributed by atoms with Crippen molar-refractivity contribution in [3.05, 3.63) is 71.8 Å². The summed E-state index contributed by atoms with van der Waals surface area (Å²) in [5.74, 6) is 1.35. The molecule has 0 radical (unpaired) electrons. The second-order valence-corrected chi connectivity index (χ2v) is 8.06. The van der Waals surface area contributed by atoms with Crippen molar-refractivity contribution < 1.29 is 32.1 Å². The molecule has 3 aromatic rings. The number of anilines is 1. The van der Waals surface area contributed by atoms with Gasteiger partial charge in [0.2, 0.25) is 0 Å². The number of nitrogens with one attached hydrogen (secondary N) is 2. The van der Waals surface area contributed by atoms with E-state index in [1.54, 1.807) is 42.6 Å². The summed E-state index contributed by atoms with van der Waals surface area (Å²) in [5.41, 5.74) is 11.0. The van der Waals surface area contributed by atoms with Crippen molar-refractivity contribution >= 4 is 47.1 Å². The Hall–Kier alpha value is -4.85. The van der Waals surface area contributed by atoms with E-state index in [4.69, 9.17) is 32.2 Å². The monoisotopic (exact) mass is 574 g/mol. The van der Waals surface area contributed by atoms with Crippen LogP contribution in [0.1, 0.15) is 11.1 Å². The van der Waals surface area contributed by atoms with Gasteiger partial charge in [-0.2, -0.15) is 5.10 Å². The second-order valence-electron chi connectivity index (χ2n) is 7.65. The maximum absolute atomic E-state index is 12.2. The van der Waals surface area contributed by atoms with E-state index in [0.717, 1.165) is 17.7 Å². The van der Waals surface area contributed by atoms with Crippen LogP contribution in [0.2, 0.25) is 0 Å². The van der Waals surface area contributed by atoms with Crippen LogP contribution in [0.25, 0.3) is 0 Å². The summed E-state index contributed by atoms with van der Waals surface area (Å²) < 4.78 is 56.5. The Morgan fingerprint density at radius 3 is 2.08 bits per heavy atom. The van der Waals surface area contributed by atoms with Gasteiger partial charge in [0.1, 0.15) is 40.9 Å². The zero-order chi connectivity index (χ0) is 29.1. The number of nitrogens with two attached hydrogens (primary N) is 1. The van der Waals surface area contributed by atoms with Crippen molar-refractivity contribution in [1.29, 1.82) is 0 Å². The van der Waals surface area contributed by atoms with E-state index in [9.17, 15) is 13.2 Å². The van der Waals surface area contributed by atoms with Crippen LogP contribution in [0.4, 0.5) is 24.5 Å². The van der Waals surface area contributed by atoms with Gasteiger partial charge in [0.25, 0.3) is 0 Å². The van der Waals surface area contributed by atoms with Gasteiger partial charge in [-0.1, -0.05) is 24.3 Å². The Kier molecular flexibility index (Phi) is 10.2. The molecule has 0 aromatic heterocycles. The van der Waals surface area contributed by atoms with Crippen molar-refractivity contribution in [2.45, 2.75) is 6.36 Å². The van der Waals surface area contributed by atoms with E-state index in [0.29, 0.717) is 34.2 Å². The van der Waals surface area contributed by atoms with Gasteiger partial charge in [0.15, 0.2) is 5.11 Å². The van der Waals surface area contributed by atoms with E-state index in [2.05, 4.69) is 30.6 Å². The van der Waals surface area contributed by atoms with Gasteiger partial charge in [-0.05, 0) is 42.0 Å². The molecule has 40 heavy (non-hydrogen) atoms. The molecule has 0 atom stereocenters. The first-order valence-corrected chi connectivity index (χ1v) is 11.7. The fraction of sp³-hybridized carbons (Fsp3) is 0.154. The minimum atomic E-state index is -4.76. The van der Waals surface area contributed by atoms with E-state index >= 15 is 0 Å². The first kappa shape index (κ1) is 29.7. The van der Waals surface area contributed by atoms with Gasteiger partial charge in [-0.15, -0.1) is 13.2 Å². The summed E-state index contributed by atoms with van der Waals surface area (Å²) in [4.78, 5) is 8.10. The maximum Gasteiger partial charge on any atom is 0.573 e. The molecule has 0 amide bonds. The van der Waals surface area contributed by atoms with Crippen LogP contribution in [-0.2, 0) is 0 Å². The van der Waals surface area contributed by atoms with Crippen molar-refractivity contribution in [3.63, 3.8) is 0 Å². The third kappa shape index (κ3) is 8.87.